The molecule has 0 radical (unpaired) electrons. The molecule has 0 aliphatic heterocycles. The van der Waals surface area contributed by atoms with E-state index in [-0.39, 0.29) is 5.41 Å². The Kier molecular flexibility index (Phi) is 4.80. The third kappa shape index (κ3) is 3.10. The molecule has 2 heteroatoms. The number of benzene rings is 7. The second-order valence-corrected chi connectivity index (χ2v) is 12.9. The van der Waals surface area contributed by atoms with Gasteiger partial charge in [0.15, 0.2) is 0 Å². The molecular weight excluding hydrogens is 569 g/mol. The minimum atomic E-state index is -0.372. The van der Waals surface area contributed by atoms with Crippen LogP contribution in [0.5, 0.6) is 0 Å². The molecule has 47 heavy (non-hydrogen) atoms. The molecular formula is C45H28N2. The summed E-state index contributed by atoms with van der Waals surface area (Å²) in [6.07, 6.45) is 2.19. The largest absolute Gasteiger partial charge is 0.316 e. The Bertz CT molecular complexity index is 2680. The summed E-state index contributed by atoms with van der Waals surface area (Å²) in [5.41, 5.74) is 16.4. The Labute approximate surface area is 272 Å². The summed E-state index contributed by atoms with van der Waals surface area (Å²) in [7, 11) is 0. The first-order chi connectivity index (χ1) is 23.3. The monoisotopic (exact) mass is 596 g/mol. The predicted octanol–water partition coefficient (Wildman–Crippen LogP) is 11.1. The van der Waals surface area contributed by atoms with Crippen LogP contribution in [0.3, 0.4) is 0 Å². The highest BCUT2D eigenvalue weighted by Crippen LogP contribution is 2.62. The van der Waals surface area contributed by atoms with E-state index >= 15 is 0 Å². The van der Waals surface area contributed by atoms with Gasteiger partial charge >= 0.3 is 0 Å². The van der Waals surface area contributed by atoms with Crippen molar-refractivity contribution in [2.45, 2.75) is 5.41 Å². The smallest absolute Gasteiger partial charge is 0.0726 e. The van der Waals surface area contributed by atoms with E-state index in [2.05, 4.69) is 179 Å². The number of aromatic nitrogens is 2. The van der Waals surface area contributed by atoms with E-state index in [0.29, 0.717) is 0 Å². The van der Waals surface area contributed by atoms with Gasteiger partial charge in [-0.05, 0) is 93.0 Å². The second-order valence-electron chi connectivity index (χ2n) is 12.9. The van der Waals surface area contributed by atoms with Crippen molar-refractivity contribution in [2.75, 3.05) is 0 Å². The van der Waals surface area contributed by atoms with E-state index in [0.717, 1.165) is 0 Å². The zero-order chi connectivity index (χ0) is 30.7. The fraction of sp³-hybridized carbons (Fsp3) is 0.0222. The topological polar surface area (TPSA) is 9.86 Å². The number of hydrogen-bond donors (Lipinski definition) is 0. The van der Waals surface area contributed by atoms with Crippen LogP contribution in [-0.2, 0) is 5.41 Å². The van der Waals surface area contributed by atoms with E-state index in [1.165, 1.54) is 88.6 Å². The Balaban J connectivity index is 1.24. The van der Waals surface area contributed by atoms with Gasteiger partial charge in [0.05, 0.1) is 22.0 Å². The van der Waals surface area contributed by atoms with E-state index in [1.807, 2.05) is 0 Å². The molecule has 0 N–H and O–H groups in total. The van der Waals surface area contributed by atoms with Crippen molar-refractivity contribution in [1.82, 2.24) is 9.13 Å². The highest BCUT2D eigenvalue weighted by Gasteiger charge is 2.51. The van der Waals surface area contributed by atoms with Crippen LogP contribution in [0.2, 0.25) is 0 Å². The molecule has 0 saturated heterocycles. The first-order valence-electron chi connectivity index (χ1n) is 16.4. The van der Waals surface area contributed by atoms with E-state index in [1.54, 1.807) is 0 Å². The molecule has 0 amide bonds. The zero-order valence-corrected chi connectivity index (χ0v) is 25.6. The Morgan fingerprint density at radius 1 is 0.362 bits per heavy atom. The van der Waals surface area contributed by atoms with Gasteiger partial charge in [-0.15, -0.1) is 0 Å². The maximum atomic E-state index is 2.49. The lowest BCUT2D eigenvalue weighted by molar-refractivity contribution is 0.792. The highest BCUT2D eigenvalue weighted by molar-refractivity contribution is 6.13. The lowest BCUT2D eigenvalue weighted by Gasteiger charge is -2.30. The summed E-state index contributed by atoms with van der Waals surface area (Å²) in [6, 6.07) is 60.8. The van der Waals surface area contributed by atoms with Crippen LogP contribution in [-0.4, -0.2) is 9.13 Å². The minimum absolute atomic E-state index is 0.372. The van der Waals surface area contributed by atoms with Gasteiger partial charge in [0.2, 0.25) is 0 Å². The first kappa shape index (κ1) is 25.1. The molecule has 2 nitrogen and oxygen atoms in total. The molecule has 2 aliphatic rings. The molecule has 0 bridgehead atoms. The average Bonchev–Trinajstić information content (AvgIpc) is 3.86. The van der Waals surface area contributed by atoms with Gasteiger partial charge in [0.1, 0.15) is 0 Å². The van der Waals surface area contributed by atoms with Gasteiger partial charge in [0.25, 0.3) is 0 Å². The van der Waals surface area contributed by atoms with E-state index < -0.39 is 0 Å². The maximum Gasteiger partial charge on any atom is 0.0726 e. The van der Waals surface area contributed by atoms with E-state index in [9.17, 15) is 0 Å². The number of hydrogen-bond acceptors (Lipinski definition) is 0. The van der Waals surface area contributed by atoms with Crippen molar-refractivity contribution in [1.29, 1.82) is 0 Å². The molecule has 11 rings (SSSR count). The molecule has 2 heterocycles. The average molecular weight is 597 g/mol. The molecule has 0 saturated carbocycles. The molecule has 218 valence electrons. The Morgan fingerprint density at radius 3 is 1.66 bits per heavy atom. The van der Waals surface area contributed by atoms with Crippen LogP contribution >= 0.6 is 0 Å². The quantitative estimate of drug-likeness (QED) is 0.188. The van der Waals surface area contributed by atoms with Crippen LogP contribution in [0.15, 0.2) is 170 Å². The minimum Gasteiger partial charge on any atom is -0.316 e. The van der Waals surface area contributed by atoms with Gasteiger partial charge in [-0.3, -0.25) is 0 Å². The molecule has 9 aromatic rings. The molecule has 0 unspecified atom stereocenters. The third-order valence-corrected chi connectivity index (χ3v) is 10.8. The van der Waals surface area contributed by atoms with Crippen molar-refractivity contribution < 1.29 is 0 Å². The van der Waals surface area contributed by atoms with Gasteiger partial charge in [-0.25, -0.2) is 0 Å². The standard InChI is InChI=1S/C45H28N2/c1-2-12-30(13-3-1)46-25-24-29-26-37-36-17-7-11-21-42(36)47(44(37)28-43(29)46)31-22-23-35-34-16-6-10-20-40(34)45(41(35)27-31)38-18-8-4-14-32(38)33-15-5-9-19-39(33)45/h1-28H. The Hall–Kier alpha value is -6.12. The molecule has 2 aliphatic carbocycles. The molecule has 0 atom stereocenters. The summed E-state index contributed by atoms with van der Waals surface area (Å²) >= 11 is 0. The number of rotatable bonds is 2. The van der Waals surface area contributed by atoms with Crippen molar-refractivity contribution in [3.8, 4) is 33.6 Å². The fourth-order valence-corrected chi connectivity index (χ4v) is 8.91. The summed E-state index contributed by atoms with van der Waals surface area (Å²) in [6.45, 7) is 0. The van der Waals surface area contributed by atoms with Crippen molar-refractivity contribution >= 4 is 32.7 Å². The number of para-hydroxylation sites is 2. The van der Waals surface area contributed by atoms with Gasteiger partial charge in [-0.1, -0.05) is 115 Å². The van der Waals surface area contributed by atoms with Crippen molar-refractivity contribution in [3.63, 3.8) is 0 Å². The van der Waals surface area contributed by atoms with Gasteiger partial charge in [0, 0.05) is 33.7 Å². The van der Waals surface area contributed by atoms with Gasteiger partial charge in [-0.2, -0.15) is 0 Å². The lowest BCUT2D eigenvalue weighted by atomic mass is 9.70. The van der Waals surface area contributed by atoms with Crippen LogP contribution in [0.1, 0.15) is 22.3 Å². The van der Waals surface area contributed by atoms with Crippen LogP contribution < -0.4 is 0 Å². The predicted molar refractivity (Wildman–Crippen MR) is 194 cm³/mol. The number of nitrogens with zero attached hydrogens (tertiary/aromatic N) is 2. The van der Waals surface area contributed by atoms with Crippen molar-refractivity contribution in [3.05, 3.63) is 192 Å². The summed E-state index contributed by atoms with van der Waals surface area (Å²) in [5, 5.41) is 3.78. The molecule has 2 aromatic heterocycles. The fourth-order valence-electron chi connectivity index (χ4n) is 8.91. The normalized spacial score (nSPS) is 13.7. The first-order valence-corrected chi connectivity index (χ1v) is 16.4. The summed E-state index contributed by atoms with van der Waals surface area (Å²) < 4.78 is 4.79. The van der Waals surface area contributed by atoms with Crippen molar-refractivity contribution in [2.24, 2.45) is 0 Å². The third-order valence-electron chi connectivity index (χ3n) is 10.8. The second kappa shape index (κ2) is 8.99. The zero-order valence-electron chi connectivity index (χ0n) is 25.6. The highest BCUT2D eigenvalue weighted by atomic mass is 15.0. The maximum absolute atomic E-state index is 2.49. The van der Waals surface area contributed by atoms with Crippen LogP contribution in [0.25, 0.3) is 66.3 Å². The van der Waals surface area contributed by atoms with Gasteiger partial charge < -0.3 is 9.13 Å². The van der Waals surface area contributed by atoms with E-state index in [4.69, 9.17) is 0 Å². The lowest BCUT2D eigenvalue weighted by Crippen LogP contribution is -2.26. The summed E-state index contributed by atoms with van der Waals surface area (Å²) in [4.78, 5) is 0. The summed E-state index contributed by atoms with van der Waals surface area (Å²) in [5.74, 6) is 0. The Morgan fingerprint density at radius 2 is 0.957 bits per heavy atom. The molecule has 1 spiro atoms. The van der Waals surface area contributed by atoms with Crippen LogP contribution in [0, 0.1) is 0 Å². The molecule has 0 fully saturated rings. The molecule has 7 aromatic carbocycles. The number of fused-ring (bicyclic) bond motifs is 14. The SMILES string of the molecule is c1ccc(-n2ccc3cc4c5ccccc5n(-c5ccc6c(c5)C5(c7ccccc7-c7ccccc75)c5ccccc5-6)c4cc32)cc1. The van der Waals surface area contributed by atoms with Crippen LogP contribution in [0.4, 0.5) is 0 Å².